The maximum Gasteiger partial charge on any atom is 0.223 e. The Hall–Kier alpha value is -2.43. The molecule has 2 rings (SSSR count). The van der Waals surface area contributed by atoms with E-state index in [9.17, 15) is 4.79 Å². The number of ether oxygens (including phenoxy) is 2. The molecule has 2 aromatic rings. The van der Waals surface area contributed by atoms with Gasteiger partial charge in [0.25, 0.3) is 0 Å². The number of H-pyrrole nitrogens is 1. The van der Waals surface area contributed by atoms with Crippen molar-refractivity contribution in [1.29, 1.82) is 0 Å². The van der Waals surface area contributed by atoms with Gasteiger partial charge in [-0.2, -0.15) is 0 Å². The molecule has 1 heterocycles. The maximum atomic E-state index is 11.8. The Bertz CT molecular complexity index is 605. The van der Waals surface area contributed by atoms with Gasteiger partial charge >= 0.3 is 0 Å². The smallest absolute Gasteiger partial charge is 0.223 e. The first kappa shape index (κ1) is 14.0. The van der Waals surface area contributed by atoms with Gasteiger partial charge in [0.1, 0.15) is 12.4 Å². The van der Waals surface area contributed by atoms with Crippen LogP contribution >= 0.6 is 0 Å². The van der Waals surface area contributed by atoms with Gasteiger partial charge in [-0.1, -0.05) is 6.92 Å². The third kappa shape index (κ3) is 3.78. The molecule has 0 unspecified atom stereocenters. The lowest BCUT2D eigenvalue weighted by atomic mass is 10.3. The van der Waals surface area contributed by atoms with E-state index in [-0.39, 0.29) is 12.0 Å². The molecular formula is C15H18N2O3. The molecule has 5 heteroatoms. The molecule has 3 N–H and O–H groups in total. The van der Waals surface area contributed by atoms with Crippen LogP contribution in [0.4, 0.5) is 5.69 Å². The van der Waals surface area contributed by atoms with E-state index in [0.717, 1.165) is 6.42 Å². The highest BCUT2D eigenvalue weighted by atomic mass is 16.5. The molecule has 0 radical (unpaired) electrons. The first-order valence-corrected chi connectivity index (χ1v) is 6.52. The summed E-state index contributed by atoms with van der Waals surface area (Å²) in [5.74, 6) is 1.04. The van der Waals surface area contributed by atoms with E-state index in [1.165, 1.54) is 6.07 Å². The topological polar surface area (TPSA) is 77.3 Å². The second kappa shape index (κ2) is 6.65. The standard InChI is InChI=1S/C15H18N2O3/c1-2-7-19-15-9-17-12(8-14(15)18)10-20-13-5-3-11(16)4-6-13/h3-6,8-9H,2,7,10,16H2,1H3,(H,17,18). The van der Waals surface area contributed by atoms with E-state index < -0.39 is 0 Å². The minimum absolute atomic E-state index is 0.145. The van der Waals surface area contributed by atoms with Gasteiger partial charge in [-0.25, -0.2) is 0 Å². The van der Waals surface area contributed by atoms with Crippen molar-refractivity contribution in [1.82, 2.24) is 4.98 Å². The molecule has 106 valence electrons. The molecule has 20 heavy (non-hydrogen) atoms. The van der Waals surface area contributed by atoms with E-state index in [4.69, 9.17) is 15.2 Å². The highest BCUT2D eigenvalue weighted by Gasteiger charge is 2.03. The largest absolute Gasteiger partial charge is 0.488 e. The third-order valence-corrected chi connectivity index (χ3v) is 2.67. The number of rotatable bonds is 6. The molecule has 0 saturated carbocycles. The van der Waals surface area contributed by atoms with Gasteiger partial charge in [-0.3, -0.25) is 4.79 Å². The Morgan fingerprint density at radius 1 is 1.20 bits per heavy atom. The zero-order valence-electron chi connectivity index (χ0n) is 11.4. The van der Waals surface area contributed by atoms with Crippen LogP contribution in [0.15, 0.2) is 41.3 Å². The van der Waals surface area contributed by atoms with Crippen LogP contribution in [-0.2, 0) is 6.61 Å². The first-order valence-electron chi connectivity index (χ1n) is 6.52. The van der Waals surface area contributed by atoms with Gasteiger partial charge in [0, 0.05) is 18.0 Å². The number of aromatic amines is 1. The van der Waals surface area contributed by atoms with Crippen LogP contribution in [0, 0.1) is 0 Å². The van der Waals surface area contributed by atoms with Crippen molar-refractivity contribution >= 4 is 5.69 Å². The maximum absolute atomic E-state index is 11.8. The van der Waals surface area contributed by atoms with E-state index in [0.29, 0.717) is 29.5 Å². The van der Waals surface area contributed by atoms with Crippen molar-refractivity contribution in [3.05, 3.63) is 52.4 Å². The molecule has 0 amide bonds. The number of hydrogen-bond acceptors (Lipinski definition) is 4. The van der Waals surface area contributed by atoms with Gasteiger partial charge in [0.15, 0.2) is 5.75 Å². The Balaban J connectivity index is 1.98. The summed E-state index contributed by atoms with van der Waals surface area (Å²) in [4.78, 5) is 14.8. The summed E-state index contributed by atoms with van der Waals surface area (Å²) >= 11 is 0. The van der Waals surface area contributed by atoms with Crippen LogP contribution in [-0.4, -0.2) is 11.6 Å². The summed E-state index contributed by atoms with van der Waals surface area (Å²) in [5, 5.41) is 0. The fourth-order valence-electron chi connectivity index (χ4n) is 1.63. The highest BCUT2D eigenvalue weighted by molar-refractivity contribution is 5.41. The van der Waals surface area contributed by atoms with Crippen LogP contribution in [0.2, 0.25) is 0 Å². The third-order valence-electron chi connectivity index (χ3n) is 2.67. The summed E-state index contributed by atoms with van der Waals surface area (Å²) in [5.41, 5.74) is 6.82. The van der Waals surface area contributed by atoms with E-state index in [1.54, 1.807) is 30.5 Å². The van der Waals surface area contributed by atoms with Gasteiger partial charge < -0.3 is 20.2 Å². The number of benzene rings is 1. The van der Waals surface area contributed by atoms with Crippen molar-refractivity contribution in [2.75, 3.05) is 12.3 Å². The van der Waals surface area contributed by atoms with Crippen molar-refractivity contribution in [2.45, 2.75) is 20.0 Å². The molecule has 0 aliphatic rings. The quantitative estimate of drug-likeness (QED) is 0.792. The van der Waals surface area contributed by atoms with Crippen LogP contribution in [0.25, 0.3) is 0 Å². The van der Waals surface area contributed by atoms with Crippen LogP contribution in [0.3, 0.4) is 0 Å². The van der Waals surface area contributed by atoms with Gasteiger partial charge in [0.05, 0.1) is 12.3 Å². The Morgan fingerprint density at radius 3 is 2.60 bits per heavy atom. The minimum atomic E-state index is -0.145. The monoisotopic (exact) mass is 274 g/mol. The number of aromatic nitrogens is 1. The zero-order chi connectivity index (χ0) is 14.4. The predicted octanol–water partition coefficient (Wildman–Crippen LogP) is 2.32. The molecule has 0 aliphatic carbocycles. The zero-order valence-corrected chi connectivity index (χ0v) is 11.4. The summed E-state index contributed by atoms with van der Waals surface area (Å²) in [6.45, 7) is 2.81. The van der Waals surface area contributed by atoms with E-state index >= 15 is 0 Å². The van der Waals surface area contributed by atoms with Gasteiger partial charge in [0.2, 0.25) is 5.43 Å². The molecular weight excluding hydrogens is 256 g/mol. The second-order valence-electron chi connectivity index (χ2n) is 4.39. The predicted molar refractivity (Wildman–Crippen MR) is 78.0 cm³/mol. The lowest BCUT2D eigenvalue weighted by Gasteiger charge is -2.08. The van der Waals surface area contributed by atoms with Crippen molar-refractivity contribution in [3.8, 4) is 11.5 Å². The number of hydrogen-bond donors (Lipinski definition) is 2. The van der Waals surface area contributed by atoms with Gasteiger partial charge in [-0.05, 0) is 30.7 Å². The minimum Gasteiger partial charge on any atom is -0.488 e. The summed E-state index contributed by atoms with van der Waals surface area (Å²) in [7, 11) is 0. The molecule has 0 spiro atoms. The Labute approximate surface area is 117 Å². The SMILES string of the molecule is CCCOc1c[nH]c(COc2ccc(N)cc2)cc1=O. The molecule has 0 atom stereocenters. The van der Waals surface area contributed by atoms with Crippen LogP contribution in [0.5, 0.6) is 11.5 Å². The molecule has 5 nitrogen and oxygen atoms in total. The molecule has 0 bridgehead atoms. The Kier molecular flexibility index (Phi) is 4.65. The average Bonchev–Trinajstić information content (AvgIpc) is 2.46. The van der Waals surface area contributed by atoms with Gasteiger partial charge in [-0.15, -0.1) is 0 Å². The highest BCUT2D eigenvalue weighted by Crippen LogP contribution is 2.14. The number of nitrogens with one attached hydrogen (secondary N) is 1. The van der Waals surface area contributed by atoms with E-state index in [1.807, 2.05) is 6.92 Å². The lowest BCUT2D eigenvalue weighted by Crippen LogP contribution is -2.11. The summed E-state index contributed by atoms with van der Waals surface area (Å²) in [6, 6.07) is 8.58. The summed E-state index contributed by atoms with van der Waals surface area (Å²) in [6.07, 6.45) is 2.43. The van der Waals surface area contributed by atoms with Crippen molar-refractivity contribution in [3.63, 3.8) is 0 Å². The van der Waals surface area contributed by atoms with Crippen molar-refractivity contribution < 1.29 is 9.47 Å². The number of nitrogen functional groups attached to an aromatic ring is 1. The fraction of sp³-hybridized carbons (Fsp3) is 0.267. The number of nitrogens with two attached hydrogens (primary N) is 1. The number of pyridine rings is 1. The lowest BCUT2D eigenvalue weighted by molar-refractivity contribution is 0.297. The van der Waals surface area contributed by atoms with Crippen LogP contribution in [0.1, 0.15) is 19.0 Å². The van der Waals surface area contributed by atoms with Crippen LogP contribution < -0.4 is 20.6 Å². The van der Waals surface area contributed by atoms with E-state index in [2.05, 4.69) is 4.98 Å². The second-order valence-corrected chi connectivity index (χ2v) is 4.39. The summed E-state index contributed by atoms with van der Waals surface area (Å²) < 4.78 is 10.9. The molecule has 0 aliphatic heterocycles. The van der Waals surface area contributed by atoms with Crippen molar-refractivity contribution in [2.24, 2.45) is 0 Å². The molecule has 1 aromatic carbocycles. The normalized spacial score (nSPS) is 10.2. The number of anilines is 1. The average molecular weight is 274 g/mol. The first-order chi connectivity index (χ1) is 9.69. The Morgan fingerprint density at radius 2 is 1.95 bits per heavy atom. The molecule has 0 saturated heterocycles. The molecule has 0 fully saturated rings. The molecule has 1 aromatic heterocycles. The fourth-order valence-corrected chi connectivity index (χ4v) is 1.63.